The fraction of sp³-hybridized carbons (Fsp3) is 0.250. The molecule has 1 aliphatic rings. The molecular formula is C16H12BrCl3O. The van der Waals surface area contributed by atoms with E-state index < -0.39 is 4.33 Å². The lowest BCUT2D eigenvalue weighted by Crippen LogP contribution is -1.91. The maximum absolute atomic E-state index is 6.49. The van der Waals surface area contributed by atoms with Crippen molar-refractivity contribution in [2.75, 3.05) is 7.11 Å². The van der Waals surface area contributed by atoms with Gasteiger partial charge >= 0.3 is 0 Å². The van der Waals surface area contributed by atoms with Crippen LogP contribution in [0.25, 0.3) is 0 Å². The van der Waals surface area contributed by atoms with Crippen molar-refractivity contribution in [2.24, 2.45) is 0 Å². The second-order valence-electron chi connectivity index (χ2n) is 5.08. The summed E-state index contributed by atoms with van der Waals surface area (Å²) >= 11 is 22.5. The van der Waals surface area contributed by atoms with Gasteiger partial charge in [0.25, 0.3) is 0 Å². The number of methoxy groups -OCH3 is 1. The van der Waals surface area contributed by atoms with E-state index >= 15 is 0 Å². The van der Waals surface area contributed by atoms with Crippen molar-refractivity contribution in [1.82, 2.24) is 0 Å². The summed E-state index contributed by atoms with van der Waals surface area (Å²) < 4.78 is 5.24. The highest BCUT2D eigenvalue weighted by Gasteiger charge is 2.64. The molecule has 1 fully saturated rings. The minimum Gasteiger partial charge on any atom is -0.497 e. The summed E-state index contributed by atoms with van der Waals surface area (Å²) in [7, 11) is 1.64. The maximum atomic E-state index is 6.49. The molecule has 0 bridgehead atoms. The highest BCUT2D eigenvalue weighted by atomic mass is 79.9. The average Bonchev–Trinajstić information content (AvgIpc) is 3.04. The molecule has 110 valence electrons. The average molecular weight is 407 g/mol. The minimum atomic E-state index is -0.800. The monoisotopic (exact) mass is 404 g/mol. The standard InChI is InChI=1S/C16H12BrCl3O/c1-21-11-5-2-9(3-6-11)14-15(16(14,19)20)10-4-7-12(17)13(18)8-10/h2-8,14-15H,1H3/t14-,15-/m1/s1. The normalized spacial score (nSPS) is 22.9. The smallest absolute Gasteiger partial charge is 0.133 e. The van der Waals surface area contributed by atoms with Crippen LogP contribution in [0.2, 0.25) is 5.02 Å². The van der Waals surface area contributed by atoms with Crippen molar-refractivity contribution in [2.45, 2.75) is 16.2 Å². The Hall–Kier alpha value is -0.410. The molecule has 0 saturated heterocycles. The molecule has 1 nitrogen and oxygen atoms in total. The lowest BCUT2D eigenvalue weighted by molar-refractivity contribution is 0.414. The molecular weight excluding hydrogens is 394 g/mol. The van der Waals surface area contributed by atoms with E-state index in [4.69, 9.17) is 39.5 Å². The van der Waals surface area contributed by atoms with E-state index in [1.807, 2.05) is 42.5 Å². The Bertz CT molecular complexity index is 670. The second kappa shape index (κ2) is 5.66. The topological polar surface area (TPSA) is 9.23 Å². The lowest BCUT2D eigenvalue weighted by Gasteiger charge is -2.04. The predicted molar refractivity (Wildman–Crippen MR) is 92.1 cm³/mol. The van der Waals surface area contributed by atoms with E-state index in [1.165, 1.54) is 0 Å². The zero-order valence-electron chi connectivity index (χ0n) is 11.1. The summed E-state index contributed by atoms with van der Waals surface area (Å²) in [5.41, 5.74) is 2.15. The zero-order valence-corrected chi connectivity index (χ0v) is 15.0. The summed E-state index contributed by atoms with van der Waals surface area (Å²) in [6.07, 6.45) is 0. The summed E-state index contributed by atoms with van der Waals surface area (Å²) in [5.74, 6) is 0.918. The van der Waals surface area contributed by atoms with Gasteiger partial charge in [-0.25, -0.2) is 0 Å². The van der Waals surface area contributed by atoms with Crippen LogP contribution >= 0.6 is 50.7 Å². The van der Waals surface area contributed by atoms with Gasteiger partial charge in [-0.2, -0.15) is 0 Å². The molecule has 1 saturated carbocycles. The Labute approximate surface area is 147 Å². The van der Waals surface area contributed by atoms with Crippen LogP contribution in [0.15, 0.2) is 46.9 Å². The van der Waals surface area contributed by atoms with Crippen LogP contribution in [0.3, 0.4) is 0 Å². The summed E-state index contributed by atoms with van der Waals surface area (Å²) in [5, 5.41) is 0.664. The van der Waals surface area contributed by atoms with E-state index in [9.17, 15) is 0 Å². The molecule has 3 rings (SSSR count). The molecule has 0 N–H and O–H groups in total. The van der Waals surface area contributed by atoms with E-state index in [0.29, 0.717) is 5.02 Å². The molecule has 0 aliphatic heterocycles. The lowest BCUT2D eigenvalue weighted by atomic mass is 10.0. The number of ether oxygens (including phenoxy) is 1. The summed E-state index contributed by atoms with van der Waals surface area (Å²) in [6.45, 7) is 0. The zero-order chi connectivity index (χ0) is 15.2. The van der Waals surface area contributed by atoms with Crippen molar-refractivity contribution >= 4 is 50.7 Å². The summed E-state index contributed by atoms with van der Waals surface area (Å²) in [4.78, 5) is 0. The fourth-order valence-corrected chi connectivity index (χ4v) is 3.99. The fourth-order valence-electron chi connectivity index (χ4n) is 2.67. The number of halogens is 4. The highest BCUT2D eigenvalue weighted by molar-refractivity contribution is 9.10. The van der Waals surface area contributed by atoms with Crippen LogP contribution in [-0.2, 0) is 0 Å². The number of rotatable bonds is 3. The molecule has 0 aromatic heterocycles. The third-order valence-corrected chi connectivity index (χ3v) is 6.00. The predicted octanol–water partition coefficient (Wildman–Crippen LogP) is 6.17. The van der Waals surface area contributed by atoms with Gasteiger partial charge in [0.05, 0.1) is 12.1 Å². The Balaban J connectivity index is 1.91. The SMILES string of the molecule is COc1ccc([C@@H]2[C@@H](c3ccc(Br)c(Cl)c3)C2(Cl)Cl)cc1. The van der Waals surface area contributed by atoms with Crippen molar-refractivity contribution in [3.63, 3.8) is 0 Å². The van der Waals surface area contributed by atoms with Gasteiger partial charge < -0.3 is 4.74 Å². The van der Waals surface area contributed by atoms with E-state index in [-0.39, 0.29) is 11.8 Å². The van der Waals surface area contributed by atoms with Crippen molar-refractivity contribution in [1.29, 1.82) is 0 Å². The molecule has 2 aromatic carbocycles. The molecule has 0 spiro atoms. The third-order valence-electron chi connectivity index (χ3n) is 3.83. The molecule has 2 aromatic rings. The van der Waals surface area contributed by atoms with E-state index in [2.05, 4.69) is 15.9 Å². The van der Waals surface area contributed by atoms with Crippen LogP contribution in [0.4, 0.5) is 0 Å². The van der Waals surface area contributed by atoms with Crippen LogP contribution in [-0.4, -0.2) is 11.4 Å². The molecule has 0 heterocycles. The van der Waals surface area contributed by atoms with E-state index in [0.717, 1.165) is 21.3 Å². The Morgan fingerprint density at radius 2 is 1.57 bits per heavy atom. The Morgan fingerprint density at radius 3 is 2.14 bits per heavy atom. The molecule has 5 heteroatoms. The highest BCUT2D eigenvalue weighted by Crippen LogP contribution is 2.70. The molecule has 2 atom stereocenters. The third kappa shape index (κ3) is 2.79. The van der Waals surface area contributed by atoms with Gasteiger partial charge in [-0.15, -0.1) is 23.2 Å². The van der Waals surface area contributed by atoms with Gasteiger partial charge in [-0.05, 0) is 51.3 Å². The second-order valence-corrected chi connectivity index (χ2v) is 7.78. The molecule has 21 heavy (non-hydrogen) atoms. The number of alkyl halides is 2. The largest absolute Gasteiger partial charge is 0.497 e. The molecule has 0 amide bonds. The van der Waals surface area contributed by atoms with Crippen LogP contribution in [0.5, 0.6) is 5.75 Å². The quantitative estimate of drug-likeness (QED) is 0.554. The van der Waals surface area contributed by atoms with Gasteiger partial charge in [0.2, 0.25) is 0 Å². The van der Waals surface area contributed by atoms with Crippen molar-refractivity contribution in [3.05, 3.63) is 63.1 Å². The van der Waals surface area contributed by atoms with Crippen LogP contribution < -0.4 is 4.74 Å². The first-order valence-electron chi connectivity index (χ1n) is 6.42. The van der Waals surface area contributed by atoms with Crippen LogP contribution in [0, 0.1) is 0 Å². The van der Waals surface area contributed by atoms with Crippen molar-refractivity contribution in [3.8, 4) is 5.75 Å². The van der Waals surface area contributed by atoms with E-state index in [1.54, 1.807) is 7.11 Å². The summed E-state index contributed by atoms with van der Waals surface area (Å²) in [6, 6.07) is 13.7. The van der Waals surface area contributed by atoms with Gasteiger partial charge in [-0.1, -0.05) is 29.8 Å². The first-order valence-corrected chi connectivity index (χ1v) is 8.34. The Morgan fingerprint density at radius 1 is 1.00 bits per heavy atom. The first-order chi connectivity index (χ1) is 9.95. The van der Waals surface area contributed by atoms with Gasteiger partial charge in [-0.3, -0.25) is 0 Å². The van der Waals surface area contributed by atoms with Crippen LogP contribution in [0.1, 0.15) is 23.0 Å². The number of benzene rings is 2. The Kier molecular flexibility index (Phi) is 4.17. The van der Waals surface area contributed by atoms with Gasteiger partial charge in [0, 0.05) is 16.3 Å². The molecule has 1 aliphatic carbocycles. The molecule has 0 unspecified atom stereocenters. The minimum absolute atomic E-state index is 0.0415. The number of hydrogen-bond donors (Lipinski definition) is 0. The first kappa shape index (κ1) is 15.5. The number of hydrogen-bond acceptors (Lipinski definition) is 1. The van der Waals surface area contributed by atoms with Gasteiger partial charge in [0.1, 0.15) is 10.1 Å². The molecule has 0 radical (unpaired) electrons. The maximum Gasteiger partial charge on any atom is 0.133 e. The van der Waals surface area contributed by atoms with Crippen molar-refractivity contribution < 1.29 is 4.74 Å². The van der Waals surface area contributed by atoms with Gasteiger partial charge in [0.15, 0.2) is 0 Å².